The van der Waals surface area contributed by atoms with Crippen LogP contribution in [0.25, 0.3) is 16.9 Å². The normalized spacial score (nSPS) is 11.4. The molecule has 0 unspecified atom stereocenters. The zero-order chi connectivity index (χ0) is 26.0. The molecule has 0 amide bonds. The Balaban J connectivity index is 2.29. The number of fused-ring (bicyclic) bond motifs is 3. The second-order valence-electron chi connectivity index (χ2n) is 8.59. The zero-order valence-electron chi connectivity index (χ0n) is 21.1. The lowest BCUT2D eigenvalue weighted by molar-refractivity contribution is 0.318. The number of thiocarbonyl (C=S) groups is 1. The van der Waals surface area contributed by atoms with Gasteiger partial charge in [-0.15, -0.1) is 0 Å². The van der Waals surface area contributed by atoms with Gasteiger partial charge >= 0.3 is 5.69 Å². The van der Waals surface area contributed by atoms with Crippen molar-refractivity contribution in [2.75, 3.05) is 6.61 Å². The van der Waals surface area contributed by atoms with E-state index in [1.165, 1.54) is 13.7 Å². The molecule has 0 atom stereocenters. The van der Waals surface area contributed by atoms with Crippen LogP contribution in [0.4, 0.5) is 0 Å². The average molecular weight is 510 g/mol. The van der Waals surface area contributed by atoms with E-state index in [4.69, 9.17) is 21.9 Å². The summed E-state index contributed by atoms with van der Waals surface area (Å²) in [5.41, 5.74) is 0.301. The lowest BCUT2D eigenvalue weighted by Gasteiger charge is -2.17. The van der Waals surface area contributed by atoms with E-state index in [2.05, 4.69) is 0 Å². The van der Waals surface area contributed by atoms with Gasteiger partial charge < -0.3 is 4.74 Å². The van der Waals surface area contributed by atoms with Crippen molar-refractivity contribution in [3.8, 4) is 5.88 Å². The monoisotopic (exact) mass is 509 g/mol. The van der Waals surface area contributed by atoms with E-state index in [1.54, 1.807) is 4.40 Å². The van der Waals surface area contributed by atoms with Crippen LogP contribution >= 0.6 is 12.2 Å². The molecule has 0 fully saturated rings. The summed E-state index contributed by atoms with van der Waals surface area (Å²) < 4.78 is 11.7. The number of benzene rings is 1. The van der Waals surface area contributed by atoms with Crippen molar-refractivity contribution >= 4 is 34.1 Å². The number of aromatic nitrogens is 5. The molecule has 0 saturated carbocycles. The first-order valence-electron chi connectivity index (χ1n) is 12.5. The molecule has 3 heterocycles. The molecule has 0 bridgehead atoms. The molecule has 0 saturated heterocycles. The first-order chi connectivity index (χ1) is 17.4. The van der Waals surface area contributed by atoms with Gasteiger partial charge in [0.25, 0.3) is 11.1 Å². The Morgan fingerprint density at radius 3 is 2.19 bits per heavy atom. The maximum absolute atomic E-state index is 13.9. The highest BCUT2D eigenvalue weighted by molar-refractivity contribution is 7.80. The fraction of sp³-hybridized carbons (Fsp3) is 0.423. The van der Waals surface area contributed by atoms with Gasteiger partial charge in [0, 0.05) is 18.7 Å². The molecule has 1 aromatic carbocycles. The first-order valence-corrected chi connectivity index (χ1v) is 12.9. The van der Waals surface area contributed by atoms with Crippen molar-refractivity contribution in [3.05, 3.63) is 72.7 Å². The van der Waals surface area contributed by atoms with E-state index < -0.39 is 11.2 Å². The number of rotatable bonds is 9. The first kappa shape index (κ1) is 25.6. The minimum absolute atomic E-state index is 0.155. The van der Waals surface area contributed by atoms with Gasteiger partial charge in [-0.1, -0.05) is 69.7 Å². The quantitative estimate of drug-likeness (QED) is 0.321. The molecule has 9 nitrogen and oxygen atoms in total. The summed E-state index contributed by atoms with van der Waals surface area (Å²) in [7, 11) is 0. The summed E-state index contributed by atoms with van der Waals surface area (Å²) in [6, 6.07) is 9.20. The highest BCUT2D eigenvalue weighted by Crippen LogP contribution is 2.25. The highest BCUT2D eigenvalue weighted by Gasteiger charge is 2.27. The van der Waals surface area contributed by atoms with Gasteiger partial charge in [-0.25, -0.2) is 13.8 Å². The topological polar surface area (TPSA) is 92.5 Å². The van der Waals surface area contributed by atoms with Crippen LogP contribution < -0.4 is 21.5 Å². The maximum atomic E-state index is 13.9. The molecule has 4 rings (SSSR count). The van der Waals surface area contributed by atoms with Crippen LogP contribution in [0, 0.1) is 0 Å². The fourth-order valence-corrected chi connectivity index (χ4v) is 4.81. The van der Waals surface area contributed by atoms with E-state index in [0.29, 0.717) is 43.4 Å². The predicted molar refractivity (Wildman–Crippen MR) is 145 cm³/mol. The van der Waals surface area contributed by atoms with E-state index in [0.717, 1.165) is 0 Å². The van der Waals surface area contributed by atoms with Crippen LogP contribution in [-0.2, 0) is 19.5 Å². The van der Waals surface area contributed by atoms with E-state index in [9.17, 15) is 14.4 Å². The number of hydrogen-bond acceptors (Lipinski definition) is 6. The van der Waals surface area contributed by atoms with Crippen LogP contribution in [0.15, 0.2) is 44.7 Å². The van der Waals surface area contributed by atoms with Crippen LogP contribution in [0.3, 0.4) is 0 Å². The number of hydrogen-bond donors (Lipinski definition) is 0. The van der Waals surface area contributed by atoms with Gasteiger partial charge in [-0.05, 0) is 26.2 Å². The van der Waals surface area contributed by atoms with E-state index in [1.807, 2.05) is 58.0 Å². The van der Waals surface area contributed by atoms with Crippen molar-refractivity contribution in [1.82, 2.24) is 23.1 Å². The van der Waals surface area contributed by atoms with Gasteiger partial charge in [0.15, 0.2) is 11.2 Å². The summed E-state index contributed by atoms with van der Waals surface area (Å²) in [5.74, 6) is 0.429. The standard InChI is InChI=1S/C26H31N5O4S/c1-5-12-18-21(32)31(24(36)17-13-10-9-11-14-17)25-27-20-19(30(25)23(18)35-8-4)22(33)29(16-7-3)26(34)28(20)15-6-2/h9-11,13-14H,5-8,12,15-16H2,1-4H3. The predicted octanol–water partition coefficient (Wildman–Crippen LogP) is 3.37. The molecular weight excluding hydrogens is 478 g/mol. The molecule has 190 valence electrons. The Kier molecular flexibility index (Phi) is 7.53. The van der Waals surface area contributed by atoms with Gasteiger partial charge in [0.1, 0.15) is 4.99 Å². The van der Waals surface area contributed by atoms with E-state index >= 15 is 0 Å². The van der Waals surface area contributed by atoms with E-state index in [-0.39, 0.29) is 46.5 Å². The minimum atomic E-state index is -0.462. The summed E-state index contributed by atoms with van der Waals surface area (Å²) in [6.45, 7) is 8.60. The second kappa shape index (κ2) is 10.6. The maximum Gasteiger partial charge on any atom is 0.332 e. The molecule has 0 aliphatic heterocycles. The van der Waals surface area contributed by atoms with Crippen LogP contribution in [-0.4, -0.2) is 34.7 Å². The molecule has 0 spiro atoms. The number of aryl methyl sites for hydroxylation is 1. The van der Waals surface area contributed by atoms with Gasteiger partial charge in [-0.3, -0.25) is 18.7 Å². The summed E-state index contributed by atoms with van der Waals surface area (Å²) in [6.07, 6.45) is 2.40. The zero-order valence-corrected chi connectivity index (χ0v) is 21.9. The number of imidazole rings is 1. The summed E-state index contributed by atoms with van der Waals surface area (Å²) >= 11 is 5.79. The lowest BCUT2D eigenvalue weighted by atomic mass is 10.1. The third kappa shape index (κ3) is 4.09. The van der Waals surface area contributed by atoms with Crippen molar-refractivity contribution in [1.29, 1.82) is 0 Å². The number of ether oxygens (including phenoxy) is 1. The minimum Gasteiger partial charge on any atom is -0.478 e. The largest absolute Gasteiger partial charge is 0.478 e. The van der Waals surface area contributed by atoms with Crippen molar-refractivity contribution in [2.24, 2.45) is 0 Å². The van der Waals surface area contributed by atoms with Gasteiger partial charge in [-0.2, -0.15) is 4.98 Å². The molecule has 0 radical (unpaired) electrons. The molecule has 10 heteroatoms. The Morgan fingerprint density at radius 2 is 1.58 bits per heavy atom. The summed E-state index contributed by atoms with van der Waals surface area (Å²) in [4.78, 5) is 45.9. The Bertz CT molecular complexity index is 1610. The Labute approximate surface area is 213 Å². The van der Waals surface area contributed by atoms with Crippen LogP contribution in [0.5, 0.6) is 5.88 Å². The Hall–Kier alpha value is -3.53. The smallest absolute Gasteiger partial charge is 0.332 e. The molecule has 0 aliphatic carbocycles. The number of nitrogens with zero attached hydrogens (tertiary/aromatic N) is 5. The SMILES string of the molecule is CCCc1c(OCC)n2c3c(=O)n(CCC)c(=O)n(CCC)c3nc2n(C(=S)c2ccccc2)c1=O. The van der Waals surface area contributed by atoms with Crippen molar-refractivity contribution in [2.45, 2.75) is 66.5 Å². The highest BCUT2D eigenvalue weighted by atomic mass is 32.1. The lowest BCUT2D eigenvalue weighted by Crippen LogP contribution is -2.40. The Morgan fingerprint density at radius 1 is 0.917 bits per heavy atom. The van der Waals surface area contributed by atoms with Crippen molar-refractivity contribution in [3.63, 3.8) is 0 Å². The van der Waals surface area contributed by atoms with Crippen LogP contribution in [0.1, 0.15) is 58.1 Å². The molecule has 3 aromatic heterocycles. The average Bonchev–Trinajstić information content (AvgIpc) is 3.27. The molecule has 0 aliphatic rings. The van der Waals surface area contributed by atoms with Crippen molar-refractivity contribution < 1.29 is 4.74 Å². The molecule has 0 N–H and O–H groups in total. The molecular formula is C26H31N5O4S. The third-order valence-electron chi connectivity index (χ3n) is 6.03. The van der Waals surface area contributed by atoms with Gasteiger partial charge in [0.05, 0.1) is 12.2 Å². The molecule has 4 aromatic rings. The fourth-order valence-electron chi connectivity index (χ4n) is 4.51. The van der Waals surface area contributed by atoms with Crippen LogP contribution in [0.2, 0.25) is 0 Å². The summed E-state index contributed by atoms with van der Waals surface area (Å²) in [5, 5.41) is 0. The molecule has 36 heavy (non-hydrogen) atoms. The third-order valence-corrected chi connectivity index (χ3v) is 6.45. The van der Waals surface area contributed by atoms with Gasteiger partial charge in [0.2, 0.25) is 11.7 Å². The second-order valence-corrected chi connectivity index (χ2v) is 8.98.